The van der Waals surface area contributed by atoms with Gasteiger partial charge >= 0.3 is 0 Å². The number of hydrogen-bond acceptors (Lipinski definition) is 2. The number of hydrogen-bond donors (Lipinski definition) is 2. The SMILES string of the molecule is O=C(NC(=Cc1c[nH]c2ccccc12)C(=O)N1CCC(Cc2ccccc2)CC1)c1ccccc1. The van der Waals surface area contributed by atoms with Crippen molar-refractivity contribution in [1.29, 1.82) is 0 Å². The van der Waals surface area contributed by atoms with Crippen LogP contribution in [-0.4, -0.2) is 34.8 Å². The van der Waals surface area contributed by atoms with Crippen LogP contribution in [0.1, 0.15) is 34.3 Å². The van der Waals surface area contributed by atoms with Crippen LogP contribution in [0.25, 0.3) is 17.0 Å². The van der Waals surface area contributed by atoms with Gasteiger partial charge < -0.3 is 15.2 Å². The van der Waals surface area contributed by atoms with Gasteiger partial charge in [0.15, 0.2) is 0 Å². The Balaban J connectivity index is 1.35. The van der Waals surface area contributed by atoms with Crippen LogP contribution < -0.4 is 5.32 Å². The molecule has 2 amide bonds. The minimum absolute atomic E-state index is 0.141. The van der Waals surface area contributed by atoms with Crippen molar-refractivity contribution >= 4 is 28.8 Å². The summed E-state index contributed by atoms with van der Waals surface area (Å²) < 4.78 is 0. The summed E-state index contributed by atoms with van der Waals surface area (Å²) in [7, 11) is 0. The molecule has 0 unspecified atom stereocenters. The number of nitrogens with one attached hydrogen (secondary N) is 2. The quantitative estimate of drug-likeness (QED) is 0.375. The molecule has 0 aliphatic carbocycles. The van der Waals surface area contributed by atoms with Crippen molar-refractivity contribution in [3.8, 4) is 0 Å². The average molecular weight is 464 g/mol. The second kappa shape index (κ2) is 10.4. The molecular weight excluding hydrogens is 434 g/mol. The molecule has 1 aromatic heterocycles. The topological polar surface area (TPSA) is 65.2 Å². The summed E-state index contributed by atoms with van der Waals surface area (Å²) in [4.78, 5) is 31.7. The summed E-state index contributed by atoms with van der Waals surface area (Å²) in [5.74, 6) is 0.128. The Morgan fingerprint density at radius 2 is 1.54 bits per heavy atom. The minimum Gasteiger partial charge on any atom is -0.361 e. The summed E-state index contributed by atoms with van der Waals surface area (Å²) in [6.45, 7) is 1.37. The fraction of sp³-hybridized carbons (Fsp3) is 0.200. The number of piperidine rings is 1. The summed E-state index contributed by atoms with van der Waals surface area (Å²) in [6, 6.07) is 27.4. The van der Waals surface area contributed by atoms with Crippen LogP contribution in [0.2, 0.25) is 0 Å². The summed E-state index contributed by atoms with van der Waals surface area (Å²) >= 11 is 0. The lowest BCUT2D eigenvalue weighted by Crippen LogP contribution is -2.43. The first kappa shape index (κ1) is 22.7. The fourth-order valence-corrected chi connectivity index (χ4v) is 4.76. The van der Waals surface area contributed by atoms with Crippen LogP contribution in [0.4, 0.5) is 0 Å². The molecule has 0 saturated carbocycles. The van der Waals surface area contributed by atoms with Gasteiger partial charge in [0.2, 0.25) is 0 Å². The number of carbonyl (C=O) groups excluding carboxylic acids is 2. The van der Waals surface area contributed by atoms with Crippen LogP contribution in [0.15, 0.2) is 96.8 Å². The number of aromatic nitrogens is 1. The maximum absolute atomic E-state index is 13.6. The van der Waals surface area contributed by atoms with Gasteiger partial charge in [0.25, 0.3) is 11.8 Å². The zero-order valence-electron chi connectivity index (χ0n) is 19.6. The molecule has 2 N–H and O–H groups in total. The van der Waals surface area contributed by atoms with Gasteiger partial charge in [-0.15, -0.1) is 0 Å². The van der Waals surface area contributed by atoms with Gasteiger partial charge in [-0.25, -0.2) is 0 Å². The van der Waals surface area contributed by atoms with E-state index in [0.717, 1.165) is 35.7 Å². The van der Waals surface area contributed by atoms with Gasteiger partial charge in [-0.1, -0.05) is 66.7 Å². The molecule has 3 aromatic carbocycles. The van der Waals surface area contributed by atoms with E-state index in [4.69, 9.17) is 0 Å². The number of benzene rings is 3. The molecule has 0 radical (unpaired) electrons. The van der Waals surface area contributed by atoms with Gasteiger partial charge in [-0.2, -0.15) is 0 Å². The van der Waals surface area contributed by atoms with Crippen LogP contribution in [0.3, 0.4) is 0 Å². The second-order valence-corrected chi connectivity index (χ2v) is 9.09. The third-order valence-corrected chi connectivity index (χ3v) is 6.70. The maximum Gasteiger partial charge on any atom is 0.270 e. The molecule has 1 aliphatic heterocycles. The molecule has 0 atom stereocenters. The number of carbonyl (C=O) groups is 2. The fourth-order valence-electron chi connectivity index (χ4n) is 4.76. The van der Waals surface area contributed by atoms with Crippen molar-refractivity contribution in [2.45, 2.75) is 19.3 Å². The van der Waals surface area contributed by atoms with E-state index in [1.54, 1.807) is 18.2 Å². The normalized spacial score (nSPS) is 14.7. The van der Waals surface area contributed by atoms with Crippen LogP contribution in [0.5, 0.6) is 0 Å². The molecule has 35 heavy (non-hydrogen) atoms. The zero-order valence-corrected chi connectivity index (χ0v) is 19.6. The lowest BCUT2D eigenvalue weighted by atomic mass is 9.90. The lowest BCUT2D eigenvalue weighted by Gasteiger charge is -2.32. The number of rotatable bonds is 6. The Morgan fingerprint density at radius 3 is 2.29 bits per heavy atom. The Labute approximate surface area is 205 Å². The smallest absolute Gasteiger partial charge is 0.270 e. The molecule has 1 aliphatic rings. The molecule has 5 rings (SSSR count). The van der Waals surface area contributed by atoms with E-state index in [2.05, 4.69) is 34.6 Å². The average Bonchev–Trinajstić information content (AvgIpc) is 3.32. The van der Waals surface area contributed by atoms with Gasteiger partial charge in [0.05, 0.1) is 0 Å². The maximum atomic E-state index is 13.6. The highest BCUT2D eigenvalue weighted by atomic mass is 16.2. The van der Waals surface area contributed by atoms with E-state index in [1.165, 1.54) is 5.56 Å². The number of H-pyrrole nitrogens is 1. The molecule has 0 spiro atoms. The molecule has 1 fully saturated rings. The van der Waals surface area contributed by atoms with Crippen molar-refractivity contribution in [3.63, 3.8) is 0 Å². The standard InChI is InChI=1S/C30H29N3O2/c34-29(24-11-5-2-6-12-24)32-28(20-25-21-31-27-14-8-7-13-26(25)27)30(35)33-17-15-23(16-18-33)19-22-9-3-1-4-10-22/h1-14,20-21,23,31H,15-19H2,(H,32,34). The van der Waals surface area contributed by atoms with Crippen LogP contribution in [-0.2, 0) is 11.2 Å². The van der Waals surface area contributed by atoms with Gasteiger partial charge in [-0.05, 0) is 55.0 Å². The Bertz CT molecular complexity index is 1330. The van der Waals surface area contributed by atoms with Gasteiger partial charge in [-0.3, -0.25) is 9.59 Å². The third kappa shape index (κ3) is 5.35. The van der Waals surface area contributed by atoms with E-state index in [9.17, 15) is 9.59 Å². The van der Waals surface area contributed by atoms with E-state index in [0.29, 0.717) is 30.3 Å². The first-order chi connectivity index (χ1) is 17.2. The first-order valence-electron chi connectivity index (χ1n) is 12.1. The zero-order chi connectivity index (χ0) is 24.0. The van der Waals surface area contributed by atoms with E-state index in [1.807, 2.05) is 59.6 Å². The number of likely N-dealkylation sites (tertiary alicyclic amines) is 1. The monoisotopic (exact) mass is 463 g/mol. The number of aromatic amines is 1. The molecule has 5 heteroatoms. The molecule has 5 nitrogen and oxygen atoms in total. The summed E-state index contributed by atoms with van der Waals surface area (Å²) in [6.07, 6.45) is 6.60. The Hall–Kier alpha value is -4.12. The summed E-state index contributed by atoms with van der Waals surface area (Å²) in [5, 5.41) is 3.91. The van der Waals surface area contributed by atoms with Gasteiger partial charge in [0, 0.05) is 41.3 Å². The van der Waals surface area contributed by atoms with Crippen molar-refractivity contribution in [2.24, 2.45) is 5.92 Å². The van der Waals surface area contributed by atoms with Crippen molar-refractivity contribution in [3.05, 3.63) is 114 Å². The van der Waals surface area contributed by atoms with E-state index < -0.39 is 0 Å². The molecule has 1 saturated heterocycles. The Kier molecular flexibility index (Phi) is 6.75. The summed E-state index contributed by atoms with van der Waals surface area (Å²) in [5.41, 5.74) is 4.02. The van der Waals surface area contributed by atoms with Crippen molar-refractivity contribution in [2.75, 3.05) is 13.1 Å². The highest BCUT2D eigenvalue weighted by molar-refractivity contribution is 6.06. The number of fused-ring (bicyclic) bond motifs is 1. The van der Waals surface area contributed by atoms with Crippen molar-refractivity contribution < 1.29 is 9.59 Å². The van der Waals surface area contributed by atoms with E-state index in [-0.39, 0.29) is 11.8 Å². The van der Waals surface area contributed by atoms with Crippen LogP contribution >= 0.6 is 0 Å². The first-order valence-corrected chi connectivity index (χ1v) is 12.1. The molecular formula is C30H29N3O2. The number of amides is 2. The Morgan fingerprint density at radius 1 is 0.886 bits per heavy atom. The highest BCUT2D eigenvalue weighted by Gasteiger charge is 2.26. The van der Waals surface area contributed by atoms with Crippen LogP contribution in [0, 0.1) is 5.92 Å². The largest absolute Gasteiger partial charge is 0.361 e. The predicted octanol–water partition coefficient (Wildman–Crippen LogP) is 5.42. The lowest BCUT2D eigenvalue weighted by molar-refractivity contribution is -0.128. The van der Waals surface area contributed by atoms with Crippen molar-refractivity contribution in [1.82, 2.24) is 15.2 Å². The van der Waals surface area contributed by atoms with Gasteiger partial charge in [0.1, 0.15) is 5.70 Å². The molecule has 4 aromatic rings. The molecule has 176 valence electrons. The van der Waals surface area contributed by atoms with E-state index >= 15 is 0 Å². The predicted molar refractivity (Wildman–Crippen MR) is 140 cm³/mol. The third-order valence-electron chi connectivity index (χ3n) is 6.70. The number of nitrogens with zero attached hydrogens (tertiary/aromatic N) is 1. The highest BCUT2D eigenvalue weighted by Crippen LogP contribution is 2.24. The molecule has 2 heterocycles. The minimum atomic E-state index is -0.288. The number of para-hydroxylation sites is 1. The second-order valence-electron chi connectivity index (χ2n) is 9.09. The molecule has 0 bridgehead atoms.